The van der Waals surface area contributed by atoms with E-state index in [2.05, 4.69) is 42.5 Å². The molecule has 108 valence electrons. The van der Waals surface area contributed by atoms with Crippen LogP contribution in [0, 0.1) is 5.92 Å². The first-order valence-corrected chi connectivity index (χ1v) is 7.66. The second-order valence-electron chi connectivity index (χ2n) is 5.48. The number of hydrogen-bond acceptors (Lipinski definition) is 3. The molecule has 1 aromatic heterocycles. The zero-order valence-corrected chi connectivity index (χ0v) is 12.7. The lowest BCUT2D eigenvalue weighted by atomic mass is 10.0. The Bertz CT molecular complexity index is 337. The number of anilines is 2. The molecule has 1 rings (SSSR count). The number of aromatic nitrogens is 1. The van der Waals surface area contributed by atoms with Gasteiger partial charge in [-0.05, 0) is 25.3 Å². The molecule has 3 heteroatoms. The van der Waals surface area contributed by atoms with Gasteiger partial charge >= 0.3 is 0 Å². The number of rotatable bonds is 10. The van der Waals surface area contributed by atoms with Crippen LogP contribution in [-0.4, -0.2) is 18.1 Å². The molecule has 0 aliphatic rings. The Hall–Kier alpha value is -1.25. The van der Waals surface area contributed by atoms with Crippen LogP contribution in [-0.2, 0) is 0 Å². The molecule has 0 bridgehead atoms. The van der Waals surface area contributed by atoms with Gasteiger partial charge in [0.1, 0.15) is 5.82 Å². The fourth-order valence-corrected chi connectivity index (χ4v) is 2.08. The van der Waals surface area contributed by atoms with Gasteiger partial charge in [-0.25, -0.2) is 4.98 Å². The molecule has 0 aromatic carbocycles. The molecule has 19 heavy (non-hydrogen) atoms. The lowest BCUT2D eigenvalue weighted by Gasteiger charge is -2.08. The second-order valence-corrected chi connectivity index (χ2v) is 5.48. The third kappa shape index (κ3) is 7.70. The van der Waals surface area contributed by atoms with Gasteiger partial charge in [-0.2, -0.15) is 0 Å². The van der Waals surface area contributed by atoms with E-state index in [9.17, 15) is 0 Å². The maximum atomic E-state index is 4.26. The van der Waals surface area contributed by atoms with Crippen LogP contribution in [0.1, 0.15) is 52.9 Å². The zero-order valence-electron chi connectivity index (χ0n) is 12.7. The highest BCUT2D eigenvalue weighted by molar-refractivity contribution is 5.51. The molecular weight excluding hydrogens is 234 g/mol. The molecule has 0 radical (unpaired) electrons. The van der Waals surface area contributed by atoms with E-state index in [1.807, 2.05) is 12.3 Å². The fourth-order valence-electron chi connectivity index (χ4n) is 2.08. The van der Waals surface area contributed by atoms with E-state index in [1.54, 1.807) is 0 Å². The van der Waals surface area contributed by atoms with Crippen molar-refractivity contribution in [2.45, 2.75) is 52.9 Å². The van der Waals surface area contributed by atoms with Crippen molar-refractivity contribution >= 4 is 11.5 Å². The highest BCUT2D eigenvalue weighted by Gasteiger charge is 1.97. The summed E-state index contributed by atoms with van der Waals surface area (Å²) in [4.78, 5) is 4.26. The van der Waals surface area contributed by atoms with Crippen molar-refractivity contribution < 1.29 is 0 Å². The van der Waals surface area contributed by atoms with Gasteiger partial charge in [-0.15, -0.1) is 0 Å². The van der Waals surface area contributed by atoms with Crippen LogP contribution in [0.2, 0.25) is 0 Å². The third-order valence-corrected chi connectivity index (χ3v) is 3.16. The van der Waals surface area contributed by atoms with Crippen molar-refractivity contribution in [1.82, 2.24) is 4.98 Å². The number of hydrogen-bond donors (Lipinski definition) is 2. The van der Waals surface area contributed by atoms with E-state index in [1.165, 1.54) is 32.1 Å². The average molecular weight is 263 g/mol. The molecule has 0 spiro atoms. The van der Waals surface area contributed by atoms with Crippen LogP contribution in [0.15, 0.2) is 18.3 Å². The van der Waals surface area contributed by atoms with Crippen LogP contribution in [0.3, 0.4) is 0 Å². The average Bonchev–Trinajstić information content (AvgIpc) is 2.38. The minimum Gasteiger partial charge on any atom is -0.385 e. The maximum Gasteiger partial charge on any atom is 0.127 e. The molecular formula is C16H29N3. The summed E-state index contributed by atoms with van der Waals surface area (Å²) in [5.41, 5.74) is 1.16. The number of nitrogens with zero attached hydrogens (tertiary/aromatic N) is 1. The minimum atomic E-state index is 0.847. The normalized spacial score (nSPS) is 10.7. The third-order valence-electron chi connectivity index (χ3n) is 3.16. The Kier molecular flexibility index (Phi) is 8.03. The van der Waals surface area contributed by atoms with Crippen molar-refractivity contribution in [1.29, 1.82) is 0 Å². The molecule has 1 heterocycles. The molecule has 0 saturated carbocycles. The lowest BCUT2D eigenvalue weighted by molar-refractivity contribution is 0.523. The molecule has 0 unspecified atom stereocenters. The second kappa shape index (κ2) is 9.65. The Morgan fingerprint density at radius 2 is 1.89 bits per heavy atom. The molecule has 0 atom stereocenters. The molecule has 0 aliphatic heterocycles. The van der Waals surface area contributed by atoms with Gasteiger partial charge in [0.2, 0.25) is 0 Å². The van der Waals surface area contributed by atoms with E-state index in [-0.39, 0.29) is 0 Å². The van der Waals surface area contributed by atoms with Gasteiger partial charge < -0.3 is 10.6 Å². The molecule has 0 fully saturated rings. The molecule has 3 nitrogen and oxygen atoms in total. The summed E-state index contributed by atoms with van der Waals surface area (Å²) in [6, 6.07) is 4.10. The summed E-state index contributed by atoms with van der Waals surface area (Å²) in [5, 5.41) is 6.69. The first kappa shape index (κ1) is 15.8. The minimum absolute atomic E-state index is 0.847. The van der Waals surface area contributed by atoms with Crippen molar-refractivity contribution in [3.05, 3.63) is 18.3 Å². The Morgan fingerprint density at radius 1 is 1.11 bits per heavy atom. The van der Waals surface area contributed by atoms with Crippen LogP contribution < -0.4 is 10.6 Å². The SMILES string of the molecule is CCNc1cc(NCCCCCCC(C)C)ccn1. The molecule has 0 saturated heterocycles. The highest BCUT2D eigenvalue weighted by atomic mass is 15.0. The topological polar surface area (TPSA) is 37.0 Å². The van der Waals surface area contributed by atoms with E-state index in [0.717, 1.165) is 30.5 Å². The van der Waals surface area contributed by atoms with Crippen LogP contribution in [0.4, 0.5) is 11.5 Å². The number of pyridine rings is 1. The van der Waals surface area contributed by atoms with Gasteiger partial charge in [-0.1, -0.05) is 39.5 Å². The summed E-state index contributed by atoms with van der Waals surface area (Å²) in [6.07, 6.45) is 8.52. The van der Waals surface area contributed by atoms with Crippen LogP contribution in [0.5, 0.6) is 0 Å². The summed E-state index contributed by atoms with van der Waals surface area (Å²) < 4.78 is 0. The fraction of sp³-hybridized carbons (Fsp3) is 0.688. The first-order chi connectivity index (χ1) is 9.22. The Morgan fingerprint density at radius 3 is 2.63 bits per heavy atom. The first-order valence-electron chi connectivity index (χ1n) is 7.66. The largest absolute Gasteiger partial charge is 0.385 e. The van der Waals surface area contributed by atoms with E-state index in [4.69, 9.17) is 0 Å². The molecule has 1 aromatic rings. The number of unbranched alkanes of at least 4 members (excludes halogenated alkanes) is 3. The predicted octanol–water partition coefficient (Wildman–Crippen LogP) is 4.53. The van der Waals surface area contributed by atoms with Gasteiger partial charge in [0.25, 0.3) is 0 Å². The summed E-state index contributed by atoms with van der Waals surface area (Å²) >= 11 is 0. The van der Waals surface area contributed by atoms with Gasteiger partial charge in [0, 0.05) is 31.0 Å². The van der Waals surface area contributed by atoms with Crippen molar-refractivity contribution in [3.63, 3.8) is 0 Å². The number of nitrogens with one attached hydrogen (secondary N) is 2. The monoisotopic (exact) mass is 263 g/mol. The van der Waals surface area contributed by atoms with E-state index in [0.29, 0.717) is 0 Å². The Labute approximate surface area is 118 Å². The van der Waals surface area contributed by atoms with Gasteiger partial charge in [0.15, 0.2) is 0 Å². The zero-order chi connectivity index (χ0) is 13.9. The Balaban J connectivity index is 2.10. The highest BCUT2D eigenvalue weighted by Crippen LogP contribution is 2.13. The molecule has 2 N–H and O–H groups in total. The van der Waals surface area contributed by atoms with Crippen LogP contribution >= 0.6 is 0 Å². The van der Waals surface area contributed by atoms with Crippen molar-refractivity contribution in [2.24, 2.45) is 5.92 Å². The summed E-state index contributed by atoms with van der Waals surface area (Å²) in [5.74, 6) is 1.80. The van der Waals surface area contributed by atoms with Gasteiger partial charge in [0.05, 0.1) is 0 Å². The smallest absolute Gasteiger partial charge is 0.127 e. The predicted molar refractivity (Wildman–Crippen MR) is 84.8 cm³/mol. The van der Waals surface area contributed by atoms with E-state index < -0.39 is 0 Å². The van der Waals surface area contributed by atoms with Gasteiger partial charge in [-0.3, -0.25) is 0 Å². The molecule has 0 aliphatic carbocycles. The van der Waals surface area contributed by atoms with Crippen molar-refractivity contribution in [3.8, 4) is 0 Å². The van der Waals surface area contributed by atoms with Crippen LogP contribution in [0.25, 0.3) is 0 Å². The lowest BCUT2D eigenvalue weighted by Crippen LogP contribution is -2.04. The quantitative estimate of drug-likeness (QED) is 0.609. The van der Waals surface area contributed by atoms with E-state index >= 15 is 0 Å². The van der Waals surface area contributed by atoms with Crippen molar-refractivity contribution in [2.75, 3.05) is 23.7 Å². The maximum absolute atomic E-state index is 4.26. The summed E-state index contributed by atoms with van der Waals surface area (Å²) in [7, 11) is 0. The molecule has 0 amide bonds. The standard InChI is InChI=1S/C16H29N3/c1-4-17-16-13-15(10-12-19-16)18-11-8-6-5-7-9-14(2)3/h10,12-14H,4-9,11H2,1-3H3,(H2,17,18,19). The summed E-state index contributed by atoms with van der Waals surface area (Å²) in [6.45, 7) is 8.64.